The van der Waals surface area contributed by atoms with Gasteiger partial charge in [0.15, 0.2) is 5.96 Å². The summed E-state index contributed by atoms with van der Waals surface area (Å²) in [5, 5.41) is 6.53. The molecule has 5 nitrogen and oxygen atoms in total. The van der Waals surface area contributed by atoms with Crippen LogP contribution in [0.3, 0.4) is 0 Å². The molecule has 140 valence electrons. The number of hydrogen-bond acceptors (Lipinski definition) is 3. The Morgan fingerprint density at radius 2 is 2.08 bits per heavy atom. The minimum Gasteiger partial charge on any atom is -0.383 e. The van der Waals surface area contributed by atoms with E-state index in [9.17, 15) is 4.39 Å². The van der Waals surface area contributed by atoms with Crippen LogP contribution in [0, 0.1) is 5.82 Å². The van der Waals surface area contributed by atoms with Gasteiger partial charge in [-0.05, 0) is 37.8 Å². The highest BCUT2D eigenvalue weighted by Crippen LogP contribution is 2.26. The van der Waals surface area contributed by atoms with E-state index in [-0.39, 0.29) is 5.82 Å². The Bertz CT molecular complexity index is 534. The van der Waals surface area contributed by atoms with Crippen molar-refractivity contribution in [1.82, 2.24) is 15.5 Å². The Kier molecular flexibility index (Phi) is 8.69. The van der Waals surface area contributed by atoms with E-state index in [2.05, 4.69) is 20.5 Å². The third-order valence-electron chi connectivity index (χ3n) is 4.29. The van der Waals surface area contributed by atoms with Crippen LogP contribution in [-0.4, -0.2) is 63.3 Å². The minimum atomic E-state index is -0.149. The van der Waals surface area contributed by atoms with E-state index in [0.717, 1.165) is 44.3 Å². The Morgan fingerprint density at radius 1 is 1.28 bits per heavy atom. The van der Waals surface area contributed by atoms with Gasteiger partial charge in [-0.3, -0.25) is 9.89 Å². The zero-order chi connectivity index (χ0) is 17.9. The van der Waals surface area contributed by atoms with Crippen LogP contribution in [0.1, 0.15) is 25.3 Å². The third kappa shape index (κ3) is 7.40. The van der Waals surface area contributed by atoms with Crippen LogP contribution in [0.4, 0.5) is 4.39 Å². The molecule has 0 bridgehead atoms. The summed E-state index contributed by atoms with van der Waals surface area (Å²) in [6.45, 7) is 6.93. The van der Waals surface area contributed by atoms with Gasteiger partial charge in [0.05, 0.1) is 13.2 Å². The van der Waals surface area contributed by atoms with E-state index in [0.29, 0.717) is 19.0 Å². The number of aliphatic imine (C=N–C) groups is 1. The normalized spacial score (nSPS) is 14.8. The molecule has 1 aliphatic rings. The molecule has 1 aromatic carbocycles. The molecule has 1 saturated carbocycles. The van der Waals surface area contributed by atoms with Crippen molar-refractivity contribution in [3.8, 4) is 0 Å². The van der Waals surface area contributed by atoms with Crippen molar-refractivity contribution in [3.63, 3.8) is 0 Å². The predicted octanol–water partition coefficient (Wildman–Crippen LogP) is 2.03. The summed E-state index contributed by atoms with van der Waals surface area (Å²) in [4.78, 5) is 7.10. The fraction of sp³-hybridized carbons (Fsp3) is 0.632. The number of halogens is 1. The van der Waals surface area contributed by atoms with Gasteiger partial charge >= 0.3 is 0 Å². The van der Waals surface area contributed by atoms with Gasteiger partial charge in [-0.2, -0.15) is 0 Å². The molecule has 0 atom stereocenters. The van der Waals surface area contributed by atoms with E-state index in [1.807, 2.05) is 19.1 Å². The predicted molar refractivity (Wildman–Crippen MR) is 101 cm³/mol. The largest absolute Gasteiger partial charge is 0.383 e. The van der Waals surface area contributed by atoms with Crippen LogP contribution in [0.15, 0.2) is 29.3 Å². The Balaban J connectivity index is 1.76. The van der Waals surface area contributed by atoms with Gasteiger partial charge in [0.2, 0.25) is 0 Å². The molecule has 6 heteroatoms. The number of benzene rings is 1. The molecule has 1 fully saturated rings. The second-order valence-electron chi connectivity index (χ2n) is 6.29. The minimum absolute atomic E-state index is 0.149. The Hall–Kier alpha value is -1.66. The van der Waals surface area contributed by atoms with Gasteiger partial charge in [0.25, 0.3) is 0 Å². The van der Waals surface area contributed by atoms with Crippen LogP contribution in [-0.2, 0) is 11.2 Å². The number of rotatable bonds is 11. The zero-order valence-corrected chi connectivity index (χ0v) is 15.4. The molecule has 0 aliphatic heterocycles. The van der Waals surface area contributed by atoms with Crippen molar-refractivity contribution in [2.75, 3.05) is 46.4 Å². The Labute approximate surface area is 150 Å². The summed E-state index contributed by atoms with van der Waals surface area (Å²) in [6, 6.07) is 7.62. The van der Waals surface area contributed by atoms with Gasteiger partial charge in [0.1, 0.15) is 5.82 Å². The highest BCUT2D eigenvalue weighted by molar-refractivity contribution is 5.79. The topological polar surface area (TPSA) is 48.9 Å². The lowest BCUT2D eigenvalue weighted by atomic mass is 10.1. The highest BCUT2D eigenvalue weighted by Gasteiger charge is 2.28. The first-order valence-corrected chi connectivity index (χ1v) is 9.23. The van der Waals surface area contributed by atoms with Crippen molar-refractivity contribution in [3.05, 3.63) is 35.6 Å². The summed E-state index contributed by atoms with van der Waals surface area (Å²) in [7, 11) is 1.74. The van der Waals surface area contributed by atoms with Crippen molar-refractivity contribution in [1.29, 1.82) is 0 Å². The van der Waals surface area contributed by atoms with Crippen LogP contribution < -0.4 is 10.6 Å². The van der Waals surface area contributed by atoms with E-state index in [1.54, 1.807) is 13.2 Å². The fourth-order valence-corrected chi connectivity index (χ4v) is 2.77. The molecular formula is C19H31FN4O. The van der Waals surface area contributed by atoms with E-state index in [4.69, 9.17) is 4.74 Å². The van der Waals surface area contributed by atoms with E-state index >= 15 is 0 Å². The molecule has 2 rings (SSSR count). The quantitative estimate of drug-likeness (QED) is 0.474. The number of nitrogens with one attached hydrogen (secondary N) is 2. The van der Waals surface area contributed by atoms with Gasteiger partial charge in [-0.25, -0.2) is 4.39 Å². The summed E-state index contributed by atoms with van der Waals surface area (Å²) < 4.78 is 18.8. The lowest BCUT2D eigenvalue weighted by Gasteiger charge is -2.20. The standard InChI is InChI=1S/C19H31FN4O/c1-3-21-19(22-11-10-16-6-4-5-7-18(16)20)23-12-13-24(14-15-25-2)17-8-9-17/h4-7,17H,3,8-15H2,1-2H3,(H2,21,22,23). The summed E-state index contributed by atoms with van der Waals surface area (Å²) >= 11 is 0. The maximum absolute atomic E-state index is 13.6. The lowest BCUT2D eigenvalue weighted by molar-refractivity contribution is 0.145. The number of nitrogens with zero attached hydrogens (tertiary/aromatic N) is 2. The first-order chi connectivity index (χ1) is 12.2. The zero-order valence-electron chi connectivity index (χ0n) is 15.4. The average Bonchev–Trinajstić information content (AvgIpc) is 3.44. The molecular weight excluding hydrogens is 319 g/mol. The van der Waals surface area contributed by atoms with Crippen LogP contribution in [0.2, 0.25) is 0 Å². The Morgan fingerprint density at radius 3 is 2.76 bits per heavy atom. The molecule has 1 aromatic rings. The molecule has 1 aliphatic carbocycles. The molecule has 0 heterocycles. The van der Waals surface area contributed by atoms with E-state index in [1.165, 1.54) is 18.9 Å². The highest BCUT2D eigenvalue weighted by atomic mass is 19.1. The smallest absolute Gasteiger partial charge is 0.191 e. The second kappa shape index (κ2) is 11.1. The lowest BCUT2D eigenvalue weighted by Crippen LogP contribution is -2.39. The van der Waals surface area contributed by atoms with Crippen molar-refractivity contribution < 1.29 is 9.13 Å². The van der Waals surface area contributed by atoms with Crippen molar-refractivity contribution in [2.24, 2.45) is 4.99 Å². The van der Waals surface area contributed by atoms with E-state index < -0.39 is 0 Å². The molecule has 0 saturated heterocycles. The third-order valence-corrected chi connectivity index (χ3v) is 4.29. The number of ether oxygens (including phenoxy) is 1. The monoisotopic (exact) mass is 350 g/mol. The molecule has 2 N–H and O–H groups in total. The first kappa shape index (κ1) is 19.7. The van der Waals surface area contributed by atoms with Gasteiger partial charge in [-0.1, -0.05) is 18.2 Å². The van der Waals surface area contributed by atoms with Crippen LogP contribution in [0.5, 0.6) is 0 Å². The van der Waals surface area contributed by atoms with Crippen LogP contribution in [0.25, 0.3) is 0 Å². The number of hydrogen-bond donors (Lipinski definition) is 2. The maximum atomic E-state index is 13.6. The summed E-state index contributed by atoms with van der Waals surface area (Å²) in [5.74, 6) is 0.644. The van der Waals surface area contributed by atoms with Gasteiger partial charge in [0, 0.05) is 39.3 Å². The summed E-state index contributed by atoms with van der Waals surface area (Å²) in [5.41, 5.74) is 0.727. The molecule has 25 heavy (non-hydrogen) atoms. The molecule has 0 spiro atoms. The van der Waals surface area contributed by atoms with Crippen molar-refractivity contribution in [2.45, 2.75) is 32.2 Å². The number of methoxy groups -OCH3 is 1. The number of guanidine groups is 1. The van der Waals surface area contributed by atoms with Crippen LogP contribution >= 0.6 is 0 Å². The first-order valence-electron chi connectivity index (χ1n) is 9.23. The molecule has 0 amide bonds. The molecule has 0 unspecified atom stereocenters. The molecule has 0 radical (unpaired) electrons. The van der Waals surface area contributed by atoms with Gasteiger partial charge in [-0.15, -0.1) is 0 Å². The SMILES string of the molecule is CCNC(=NCCN(CCOC)C1CC1)NCCc1ccccc1F. The fourth-order valence-electron chi connectivity index (χ4n) is 2.77. The maximum Gasteiger partial charge on any atom is 0.191 e. The van der Waals surface area contributed by atoms with Gasteiger partial charge < -0.3 is 15.4 Å². The molecule has 0 aromatic heterocycles. The van der Waals surface area contributed by atoms with Crippen molar-refractivity contribution >= 4 is 5.96 Å². The second-order valence-corrected chi connectivity index (χ2v) is 6.29. The average molecular weight is 350 g/mol. The summed E-state index contributed by atoms with van der Waals surface area (Å²) in [6.07, 6.45) is 3.21.